The second-order valence-electron chi connectivity index (χ2n) is 6.88. The van der Waals surface area contributed by atoms with Crippen LogP contribution in [0.3, 0.4) is 0 Å². The van der Waals surface area contributed by atoms with Gasteiger partial charge in [-0.15, -0.1) is 0 Å². The van der Waals surface area contributed by atoms with Gasteiger partial charge in [0.25, 0.3) is 0 Å². The van der Waals surface area contributed by atoms with Gasteiger partial charge in [-0.25, -0.2) is 0 Å². The maximum atomic E-state index is 8.91. The van der Waals surface area contributed by atoms with Gasteiger partial charge in [0.05, 0.1) is 18.3 Å². The van der Waals surface area contributed by atoms with E-state index in [4.69, 9.17) is 15.3 Å². The lowest BCUT2D eigenvalue weighted by molar-refractivity contribution is 0.130. The summed E-state index contributed by atoms with van der Waals surface area (Å²) in [7, 11) is 0. The Kier molecular flexibility index (Phi) is 14.4. The van der Waals surface area contributed by atoms with Crippen LogP contribution in [0.25, 0.3) is 0 Å². The Bertz CT molecular complexity index is 177. The van der Waals surface area contributed by atoms with Gasteiger partial charge in [-0.3, -0.25) is 0 Å². The summed E-state index contributed by atoms with van der Waals surface area (Å²) in [5, 5.41) is 26.7. The van der Waals surface area contributed by atoms with E-state index in [0.29, 0.717) is 0 Å². The number of hydrogen-bond donors (Lipinski definition) is 3. The van der Waals surface area contributed by atoms with Crippen LogP contribution >= 0.6 is 0 Å². The number of aliphatic hydroxyl groups is 3. The van der Waals surface area contributed by atoms with Crippen molar-refractivity contribution in [2.75, 3.05) is 0 Å². The van der Waals surface area contributed by atoms with E-state index in [1.165, 1.54) is 57.8 Å². The van der Waals surface area contributed by atoms with Gasteiger partial charge in [0.2, 0.25) is 0 Å². The molecule has 0 bridgehead atoms. The first kappa shape index (κ1) is 21.9. The summed E-state index contributed by atoms with van der Waals surface area (Å²) in [4.78, 5) is 0. The molecular formula is C19H40O3. The fraction of sp³-hybridized carbons (Fsp3) is 1.00. The average Bonchev–Trinajstić information content (AvgIpc) is 2.51. The zero-order chi connectivity index (χ0) is 15.3. The first-order valence-electron chi connectivity index (χ1n) is 9.22. The van der Waals surface area contributed by atoms with E-state index in [-0.39, 0.29) is 25.7 Å². The Morgan fingerprint density at radius 2 is 0.545 bits per heavy atom. The molecular weight excluding hydrogens is 276 g/mol. The van der Waals surface area contributed by atoms with Crippen LogP contribution in [0.15, 0.2) is 0 Å². The normalized spacial score (nSPS) is 24.1. The molecule has 0 radical (unpaired) electrons. The fourth-order valence-corrected chi connectivity index (χ4v) is 3.24. The Morgan fingerprint density at radius 3 is 0.636 bits per heavy atom. The van der Waals surface area contributed by atoms with Crippen LogP contribution in [0.1, 0.15) is 104 Å². The molecule has 3 rings (SSSR count). The highest BCUT2D eigenvalue weighted by atomic mass is 16.3. The van der Waals surface area contributed by atoms with Gasteiger partial charge in [-0.1, -0.05) is 65.2 Å². The van der Waals surface area contributed by atoms with Gasteiger partial charge < -0.3 is 15.3 Å². The summed E-state index contributed by atoms with van der Waals surface area (Å²) in [6.45, 7) is 0. The molecule has 0 heterocycles. The molecule has 0 aromatic heterocycles. The molecule has 0 unspecified atom stereocenters. The maximum absolute atomic E-state index is 8.91. The summed E-state index contributed by atoms with van der Waals surface area (Å²) < 4.78 is 0. The third-order valence-electron chi connectivity index (χ3n) is 4.72. The molecule has 3 saturated carbocycles. The van der Waals surface area contributed by atoms with E-state index in [0.717, 1.165) is 38.5 Å². The van der Waals surface area contributed by atoms with Gasteiger partial charge in [0, 0.05) is 0 Å². The minimum absolute atomic E-state index is 0. The monoisotopic (exact) mass is 316 g/mol. The van der Waals surface area contributed by atoms with Crippen LogP contribution in [-0.4, -0.2) is 33.6 Å². The Labute approximate surface area is 138 Å². The Morgan fingerprint density at radius 1 is 0.364 bits per heavy atom. The molecule has 134 valence electrons. The standard InChI is InChI=1S/3C6H12O.CH4/c3*7-6-4-2-1-3-5-6;/h3*6-7H,1-5H2;1H4. The summed E-state index contributed by atoms with van der Waals surface area (Å²) in [6.07, 6.45) is 17.8. The average molecular weight is 317 g/mol. The fourth-order valence-electron chi connectivity index (χ4n) is 3.24. The lowest BCUT2D eigenvalue weighted by Crippen LogP contribution is -2.09. The van der Waals surface area contributed by atoms with Crippen LogP contribution in [-0.2, 0) is 0 Å². The van der Waals surface area contributed by atoms with E-state index < -0.39 is 0 Å². The Balaban J connectivity index is 0.000000294. The molecule has 0 amide bonds. The van der Waals surface area contributed by atoms with Gasteiger partial charge >= 0.3 is 0 Å². The number of rotatable bonds is 0. The summed E-state index contributed by atoms with van der Waals surface area (Å²) in [5.74, 6) is 0. The van der Waals surface area contributed by atoms with Crippen molar-refractivity contribution in [3.63, 3.8) is 0 Å². The zero-order valence-electron chi connectivity index (χ0n) is 13.7. The summed E-state index contributed by atoms with van der Waals surface area (Å²) in [5.41, 5.74) is 0. The van der Waals surface area contributed by atoms with E-state index in [1.807, 2.05) is 0 Å². The maximum Gasteiger partial charge on any atom is 0.0540 e. The molecule has 0 atom stereocenters. The van der Waals surface area contributed by atoms with Crippen LogP contribution in [0, 0.1) is 0 Å². The van der Waals surface area contributed by atoms with Crippen molar-refractivity contribution in [1.82, 2.24) is 0 Å². The summed E-state index contributed by atoms with van der Waals surface area (Å²) in [6, 6.07) is 0. The molecule has 0 aromatic rings. The SMILES string of the molecule is C.OC1CCCCC1.OC1CCCCC1.OC1CCCCC1. The zero-order valence-corrected chi connectivity index (χ0v) is 13.7. The minimum Gasteiger partial charge on any atom is -0.393 e. The topological polar surface area (TPSA) is 60.7 Å². The van der Waals surface area contributed by atoms with Crippen molar-refractivity contribution < 1.29 is 15.3 Å². The van der Waals surface area contributed by atoms with Gasteiger partial charge in [0.15, 0.2) is 0 Å². The Hall–Kier alpha value is -0.120. The van der Waals surface area contributed by atoms with Crippen molar-refractivity contribution in [3.8, 4) is 0 Å². The molecule has 3 fully saturated rings. The lowest BCUT2D eigenvalue weighted by atomic mass is 9.98. The summed E-state index contributed by atoms with van der Waals surface area (Å²) >= 11 is 0. The van der Waals surface area contributed by atoms with E-state index in [9.17, 15) is 0 Å². The third kappa shape index (κ3) is 12.4. The molecule has 3 nitrogen and oxygen atoms in total. The molecule has 0 saturated heterocycles. The smallest absolute Gasteiger partial charge is 0.0540 e. The third-order valence-corrected chi connectivity index (χ3v) is 4.72. The van der Waals surface area contributed by atoms with Gasteiger partial charge in [0.1, 0.15) is 0 Å². The largest absolute Gasteiger partial charge is 0.393 e. The predicted molar refractivity (Wildman–Crippen MR) is 94.0 cm³/mol. The first-order valence-corrected chi connectivity index (χ1v) is 9.22. The van der Waals surface area contributed by atoms with Crippen molar-refractivity contribution in [2.45, 2.75) is 122 Å². The lowest BCUT2D eigenvalue weighted by Gasteiger charge is -2.14. The molecule has 22 heavy (non-hydrogen) atoms. The molecule has 0 aliphatic heterocycles. The minimum atomic E-state index is 0. The van der Waals surface area contributed by atoms with Crippen LogP contribution in [0.2, 0.25) is 0 Å². The van der Waals surface area contributed by atoms with Crippen molar-refractivity contribution in [1.29, 1.82) is 0 Å². The van der Waals surface area contributed by atoms with Crippen LogP contribution < -0.4 is 0 Å². The molecule has 3 aliphatic carbocycles. The van der Waals surface area contributed by atoms with Crippen LogP contribution in [0.5, 0.6) is 0 Å². The van der Waals surface area contributed by atoms with Gasteiger partial charge in [-0.2, -0.15) is 0 Å². The van der Waals surface area contributed by atoms with Crippen molar-refractivity contribution in [2.24, 2.45) is 0 Å². The number of hydrogen-bond acceptors (Lipinski definition) is 3. The molecule has 0 spiro atoms. The molecule has 0 aromatic carbocycles. The second kappa shape index (κ2) is 14.5. The highest BCUT2D eigenvalue weighted by Crippen LogP contribution is 2.17. The quantitative estimate of drug-likeness (QED) is 0.613. The van der Waals surface area contributed by atoms with Crippen molar-refractivity contribution in [3.05, 3.63) is 0 Å². The molecule has 3 aliphatic rings. The number of aliphatic hydroxyl groups excluding tert-OH is 3. The van der Waals surface area contributed by atoms with E-state index in [1.54, 1.807) is 0 Å². The predicted octanol–water partition coefficient (Wildman–Crippen LogP) is 4.57. The molecule has 3 heteroatoms. The first-order chi connectivity index (χ1) is 10.2. The highest BCUT2D eigenvalue weighted by molar-refractivity contribution is 4.62. The van der Waals surface area contributed by atoms with E-state index in [2.05, 4.69) is 0 Å². The van der Waals surface area contributed by atoms with Crippen molar-refractivity contribution >= 4 is 0 Å². The van der Waals surface area contributed by atoms with Gasteiger partial charge in [-0.05, 0) is 38.5 Å². The second-order valence-corrected chi connectivity index (χ2v) is 6.88. The van der Waals surface area contributed by atoms with Crippen LogP contribution in [0.4, 0.5) is 0 Å². The molecule has 3 N–H and O–H groups in total. The highest BCUT2D eigenvalue weighted by Gasteiger charge is 2.08. The van der Waals surface area contributed by atoms with E-state index >= 15 is 0 Å².